The monoisotopic (exact) mass is 517 g/mol. The molecule has 11 heteroatoms. The molecular weight excluding hydrogens is 481 g/mol. The van der Waals surface area contributed by atoms with E-state index in [2.05, 4.69) is 26.6 Å². The second-order valence-electron chi connectivity index (χ2n) is 9.83. The number of benzene rings is 1. The van der Waals surface area contributed by atoms with Gasteiger partial charge in [-0.2, -0.15) is 4.98 Å². The van der Waals surface area contributed by atoms with E-state index in [4.69, 9.17) is 24.4 Å². The van der Waals surface area contributed by atoms with E-state index < -0.39 is 8.60 Å². The van der Waals surface area contributed by atoms with Crippen molar-refractivity contribution < 1.29 is 24.2 Å². The predicted molar refractivity (Wildman–Crippen MR) is 139 cm³/mol. The Balaban J connectivity index is 0.000000709. The van der Waals surface area contributed by atoms with E-state index in [0.717, 1.165) is 60.6 Å². The Morgan fingerprint density at radius 3 is 2.50 bits per heavy atom. The molecule has 0 bridgehead atoms. The van der Waals surface area contributed by atoms with Crippen LogP contribution < -0.4 is 20.3 Å². The Kier molecular flexibility index (Phi) is 8.95. The molecule has 1 aliphatic heterocycles. The molecule has 10 nitrogen and oxygen atoms in total. The Morgan fingerprint density at radius 1 is 1.17 bits per heavy atom. The molecule has 1 amide bonds. The molecule has 1 saturated heterocycles. The number of piperidine rings is 1. The summed E-state index contributed by atoms with van der Waals surface area (Å²) in [5.74, 6) is 3.72. The van der Waals surface area contributed by atoms with Crippen molar-refractivity contribution in [3.8, 4) is 5.75 Å². The van der Waals surface area contributed by atoms with Crippen LogP contribution in [0, 0.1) is 18.8 Å². The summed E-state index contributed by atoms with van der Waals surface area (Å²) in [5, 5.41) is 6.63. The molecule has 1 aromatic heterocycles. The quantitative estimate of drug-likeness (QED) is 0.351. The number of hydrogen-bond acceptors (Lipinski definition) is 9. The van der Waals surface area contributed by atoms with Crippen LogP contribution in [0.3, 0.4) is 0 Å². The summed E-state index contributed by atoms with van der Waals surface area (Å²) in [6.45, 7) is 4.66. The van der Waals surface area contributed by atoms with Gasteiger partial charge >= 0.3 is 8.60 Å². The lowest BCUT2D eigenvalue weighted by Gasteiger charge is -2.24. The highest BCUT2D eigenvalue weighted by molar-refractivity contribution is 7.38. The smallest absolute Gasteiger partial charge is 0.324 e. The van der Waals surface area contributed by atoms with Gasteiger partial charge in [-0.3, -0.25) is 4.79 Å². The van der Waals surface area contributed by atoms with Gasteiger partial charge in [0.2, 0.25) is 5.95 Å². The molecule has 2 aromatic rings. The molecule has 3 aliphatic rings. The summed E-state index contributed by atoms with van der Waals surface area (Å²) >= 11 is 0. The van der Waals surface area contributed by atoms with E-state index in [-0.39, 0.29) is 11.9 Å². The molecule has 2 heterocycles. The average Bonchev–Trinajstić information content (AvgIpc) is 3.47. The number of anilines is 2. The van der Waals surface area contributed by atoms with Crippen molar-refractivity contribution in [2.24, 2.45) is 11.8 Å². The molecule has 2 saturated carbocycles. The standard InChI is InChI=1S/C25H33N5O2.H3O3P/c1-16-10-17(8-9-22(16)32-2)12-26-23-21(24(31)28-20-6-4-3-5-7-20)13-27-25(29-23)30-14-18-11-19(18)15-30;1-4(2)3/h8-10,13,18-20H,3-7,11-12,14-15H2,1-2H3,(H,28,31)(H,26,27,29);1-3H. The van der Waals surface area contributed by atoms with Crippen LogP contribution in [-0.4, -0.2) is 56.8 Å². The summed E-state index contributed by atoms with van der Waals surface area (Å²) in [6, 6.07) is 6.37. The fourth-order valence-electron chi connectivity index (χ4n) is 5.13. The van der Waals surface area contributed by atoms with E-state index in [1.54, 1.807) is 13.3 Å². The summed E-state index contributed by atoms with van der Waals surface area (Å²) in [5.41, 5.74) is 2.72. The van der Waals surface area contributed by atoms with Gasteiger partial charge in [0.1, 0.15) is 17.1 Å². The first-order valence-corrected chi connectivity index (χ1v) is 13.7. The molecule has 36 heavy (non-hydrogen) atoms. The van der Waals surface area contributed by atoms with Gasteiger partial charge in [0.15, 0.2) is 0 Å². The van der Waals surface area contributed by atoms with E-state index in [1.807, 2.05) is 19.1 Å². The fraction of sp³-hybridized carbons (Fsp3) is 0.560. The van der Waals surface area contributed by atoms with Gasteiger partial charge in [0, 0.05) is 31.9 Å². The van der Waals surface area contributed by atoms with Crippen molar-refractivity contribution >= 4 is 26.3 Å². The molecule has 0 spiro atoms. The Bertz CT molecular complexity index is 1040. The number of aromatic nitrogens is 2. The number of rotatable bonds is 7. The van der Waals surface area contributed by atoms with Gasteiger partial charge < -0.3 is 35.0 Å². The highest BCUT2D eigenvalue weighted by Crippen LogP contribution is 2.45. The molecule has 2 unspecified atom stereocenters. The minimum absolute atomic E-state index is 0.0823. The number of nitrogens with zero attached hydrogens (tertiary/aromatic N) is 3. The third-order valence-electron chi connectivity index (χ3n) is 7.14. The lowest BCUT2D eigenvalue weighted by molar-refractivity contribution is 0.0928. The van der Waals surface area contributed by atoms with Crippen LogP contribution in [0.25, 0.3) is 0 Å². The van der Waals surface area contributed by atoms with Crippen LogP contribution in [0.15, 0.2) is 24.4 Å². The SMILES string of the molecule is COc1ccc(CNc2nc(N3CC4CC4C3)ncc2C(=O)NC2CCCCC2)cc1C.OP(O)O. The van der Waals surface area contributed by atoms with Crippen LogP contribution in [0.5, 0.6) is 5.75 Å². The zero-order valence-corrected chi connectivity index (χ0v) is 21.7. The number of hydrogen-bond donors (Lipinski definition) is 5. The zero-order valence-electron chi connectivity index (χ0n) is 20.9. The largest absolute Gasteiger partial charge is 0.496 e. The summed E-state index contributed by atoms with van der Waals surface area (Å²) in [4.78, 5) is 46.5. The van der Waals surface area contributed by atoms with Crippen molar-refractivity contribution in [3.63, 3.8) is 0 Å². The summed E-state index contributed by atoms with van der Waals surface area (Å²) < 4.78 is 5.37. The molecule has 2 aliphatic carbocycles. The second kappa shape index (κ2) is 12.1. The maximum Gasteiger partial charge on any atom is 0.324 e. The third-order valence-corrected chi connectivity index (χ3v) is 7.14. The molecule has 196 valence electrons. The molecule has 2 atom stereocenters. The van der Waals surface area contributed by atoms with Gasteiger partial charge in [-0.15, -0.1) is 0 Å². The van der Waals surface area contributed by atoms with E-state index in [0.29, 0.717) is 17.9 Å². The van der Waals surface area contributed by atoms with Gasteiger partial charge in [-0.05, 0) is 55.2 Å². The van der Waals surface area contributed by atoms with Gasteiger partial charge in [-0.25, -0.2) is 4.98 Å². The predicted octanol–water partition coefficient (Wildman–Crippen LogP) is 3.11. The Labute approximate surface area is 213 Å². The van der Waals surface area contributed by atoms with Crippen LogP contribution in [0.2, 0.25) is 0 Å². The first kappa shape index (κ1) is 26.5. The molecule has 3 fully saturated rings. The van der Waals surface area contributed by atoms with Crippen LogP contribution in [0.4, 0.5) is 11.8 Å². The summed E-state index contributed by atoms with van der Waals surface area (Å²) in [7, 11) is -0.938. The number of carbonyl (C=O) groups is 1. The topological polar surface area (TPSA) is 140 Å². The van der Waals surface area contributed by atoms with Crippen molar-refractivity contribution in [3.05, 3.63) is 41.1 Å². The maximum absolute atomic E-state index is 13.1. The number of nitrogens with one attached hydrogen (secondary N) is 2. The van der Waals surface area contributed by atoms with Crippen molar-refractivity contribution in [1.29, 1.82) is 0 Å². The number of aryl methyl sites for hydroxylation is 1. The lowest BCUT2D eigenvalue weighted by atomic mass is 9.95. The van der Waals surface area contributed by atoms with E-state index in [1.165, 1.54) is 25.7 Å². The lowest BCUT2D eigenvalue weighted by Crippen LogP contribution is -2.37. The average molecular weight is 518 g/mol. The highest BCUT2D eigenvalue weighted by atomic mass is 31.2. The van der Waals surface area contributed by atoms with Crippen molar-refractivity contribution in [2.45, 2.75) is 58.0 Å². The van der Waals surface area contributed by atoms with Crippen LogP contribution >= 0.6 is 8.60 Å². The highest BCUT2D eigenvalue weighted by Gasteiger charge is 2.46. The van der Waals surface area contributed by atoms with Crippen molar-refractivity contribution in [2.75, 3.05) is 30.4 Å². The first-order valence-electron chi connectivity index (χ1n) is 12.5. The summed E-state index contributed by atoms with van der Waals surface area (Å²) in [6.07, 6.45) is 8.76. The maximum atomic E-state index is 13.1. The van der Waals surface area contributed by atoms with Gasteiger partial charge in [0.05, 0.1) is 7.11 Å². The van der Waals surface area contributed by atoms with Crippen LogP contribution in [0.1, 0.15) is 60.0 Å². The molecule has 0 radical (unpaired) electrons. The minimum atomic E-state index is -2.62. The van der Waals surface area contributed by atoms with Gasteiger partial charge in [0.25, 0.3) is 5.91 Å². The number of ether oxygens (including phenoxy) is 1. The van der Waals surface area contributed by atoms with Gasteiger partial charge in [-0.1, -0.05) is 31.4 Å². The van der Waals surface area contributed by atoms with Crippen molar-refractivity contribution in [1.82, 2.24) is 15.3 Å². The number of carbonyl (C=O) groups excluding carboxylic acids is 1. The molecular formula is C25H36N5O5P. The van der Waals surface area contributed by atoms with Crippen LogP contribution in [-0.2, 0) is 6.54 Å². The molecule has 5 N–H and O–H groups in total. The third kappa shape index (κ3) is 7.03. The fourth-order valence-corrected chi connectivity index (χ4v) is 5.13. The Morgan fingerprint density at radius 2 is 1.86 bits per heavy atom. The number of amides is 1. The zero-order chi connectivity index (χ0) is 25.7. The number of fused-ring (bicyclic) bond motifs is 1. The minimum Gasteiger partial charge on any atom is -0.496 e. The Hall–Kier alpha value is -2.52. The molecule has 1 aromatic carbocycles. The second-order valence-corrected chi connectivity index (χ2v) is 10.4. The molecule has 5 rings (SSSR count). The van der Waals surface area contributed by atoms with E-state index >= 15 is 0 Å². The normalized spacial score (nSPS) is 20.9. The first-order chi connectivity index (χ1) is 17.3. The number of methoxy groups -OCH3 is 1. The van der Waals surface area contributed by atoms with E-state index in [9.17, 15) is 4.79 Å².